The van der Waals surface area contributed by atoms with Crippen LogP contribution in [0.3, 0.4) is 0 Å². The zero-order valence-corrected chi connectivity index (χ0v) is 16.6. The second-order valence-electron chi connectivity index (χ2n) is 6.39. The average Bonchev–Trinajstić information content (AvgIpc) is 3.25. The summed E-state index contributed by atoms with van der Waals surface area (Å²) in [6.07, 6.45) is 1.62. The number of benzene rings is 1. The number of thiophene rings is 1. The highest BCUT2D eigenvalue weighted by atomic mass is 32.1. The minimum atomic E-state index is -0.374. The van der Waals surface area contributed by atoms with Gasteiger partial charge in [0.1, 0.15) is 17.4 Å². The molecule has 3 rings (SSSR count). The van der Waals surface area contributed by atoms with E-state index in [2.05, 4.69) is 10.2 Å². The summed E-state index contributed by atoms with van der Waals surface area (Å²) in [4.78, 5) is 15.7. The summed E-state index contributed by atoms with van der Waals surface area (Å²) in [5.41, 5.74) is 1.90. The van der Waals surface area contributed by atoms with Crippen LogP contribution in [-0.2, 0) is 22.6 Å². The van der Waals surface area contributed by atoms with Gasteiger partial charge in [-0.05, 0) is 35.2 Å². The number of hydrogen-bond acceptors (Lipinski definition) is 6. The van der Waals surface area contributed by atoms with Crippen LogP contribution in [-0.4, -0.2) is 44.2 Å². The molecule has 0 radical (unpaired) electrons. The Hall–Kier alpha value is -2.66. The Morgan fingerprint density at radius 1 is 1.39 bits per heavy atom. The first-order chi connectivity index (χ1) is 13.7. The summed E-state index contributed by atoms with van der Waals surface area (Å²) in [5.74, 6) is 0.422. The summed E-state index contributed by atoms with van der Waals surface area (Å²) in [5, 5.41) is 14.2. The third-order valence-corrected chi connectivity index (χ3v) is 5.36. The lowest BCUT2D eigenvalue weighted by Gasteiger charge is -2.27. The van der Waals surface area contributed by atoms with Crippen LogP contribution in [0.5, 0.6) is 5.75 Å². The number of ether oxygens (including phenoxy) is 2. The molecule has 2 aromatic rings. The van der Waals surface area contributed by atoms with E-state index in [9.17, 15) is 10.1 Å². The van der Waals surface area contributed by atoms with Crippen molar-refractivity contribution >= 4 is 23.3 Å². The molecule has 1 aliphatic heterocycles. The Labute approximate surface area is 169 Å². The van der Waals surface area contributed by atoms with Crippen LogP contribution in [0.15, 0.2) is 41.3 Å². The number of carbonyl (C=O) groups excluding carboxylic acids is 1. The van der Waals surface area contributed by atoms with E-state index < -0.39 is 0 Å². The Bertz CT molecular complexity index is 866. The monoisotopic (exact) mass is 397 g/mol. The quantitative estimate of drug-likeness (QED) is 0.574. The first kappa shape index (κ1) is 20.1. The zero-order chi connectivity index (χ0) is 19.8. The first-order valence-corrected chi connectivity index (χ1v) is 9.97. The van der Waals surface area contributed by atoms with Gasteiger partial charge in [-0.1, -0.05) is 12.1 Å². The number of hydrogen-bond donors (Lipinski definition) is 1. The van der Waals surface area contributed by atoms with Crippen LogP contribution in [0, 0.1) is 11.3 Å². The van der Waals surface area contributed by atoms with Gasteiger partial charge < -0.3 is 14.8 Å². The molecule has 0 spiro atoms. The number of morpholine rings is 1. The zero-order valence-electron chi connectivity index (χ0n) is 15.8. The van der Waals surface area contributed by atoms with Crippen molar-refractivity contribution in [2.75, 3.05) is 33.4 Å². The summed E-state index contributed by atoms with van der Waals surface area (Å²) in [6, 6.07) is 11.6. The van der Waals surface area contributed by atoms with E-state index in [4.69, 9.17) is 9.47 Å². The molecule has 6 nitrogen and oxygen atoms in total. The highest BCUT2D eigenvalue weighted by Crippen LogP contribution is 2.23. The topological polar surface area (TPSA) is 74.6 Å². The molecule has 1 N–H and O–H groups in total. The molecular weight excluding hydrogens is 374 g/mol. The lowest BCUT2D eigenvalue weighted by atomic mass is 10.1. The Kier molecular flexibility index (Phi) is 7.20. The molecule has 1 saturated heterocycles. The number of rotatable bonds is 7. The van der Waals surface area contributed by atoms with E-state index in [1.54, 1.807) is 24.5 Å². The lowest BCUT2D eigenvalue weighted by molar-refractivity contribution is -0.117. The predicted molar refractivity (Wildman–Crippen MR) is 109 cm³/mol. The van der Waals surface area contributed by atoms with E-state index in [0.717, 1.165) is 54.6 Å². The van der Waals surface area contributed by atoms with E-state index in [1.165, 1.54) is 0 Å². The highest BCUT2D eigenvalue weighted by Gasteiger charge is 2.14. The van der Waals surface area contributed by atoms with Gasteiger partial charge in [-0.2, -0.15) is 5.26 Å². The molecule has 0 atom stereocenters. The van der Waals surface area contributed by atoms with Gasteiger partial charge in [-0.3, -0.25) is 9.69 Å². The van der Waals surface area contributed by atoms with Crippen LogP contribution in [0.2, 0.25) is 0 Å². The molecular formula is C21H23N3O3S. The van der Waals surface area contributed by atoms with Crippen molar-refractivity contribution in [1.29, 1.82) is 5.26 Å². The van der Waals surface area contributed by atoms with Gasteiger partial charge in [0.15, 0.2) is 0 Å². The Morgan fingerprint density at radius 2 is 2.21 bits per heavy atom. The standard InChI is InChI=1S/C21H23N3O3S/c1-26-20-5-4-16(12-18(20)15-24-6-8-27-9-7-24)11-17(13-22)21(25)23-14-19-3-2-10-28-19/h2-5,10-12H,6-9,14-15H2,1H3,(H,23,25). The minimum absolute atomic E-state index is 0.0824. The molecule has 0 aliphatic carbocycles. The van der Waals surface area contributed by atoms with Crippen molar-refractivity contribution in [3.8, 4) is 11.8 Å². The van der Waals surface area contributed by atoms with E-state index >= 15 is 0 Å². The van der Waals surface area contributed by atoms with Crippen molar-refractivity contribution in [3.63, 3.8) is 0 Å². The largest absolute Gasteiger partial charge is 0.496 e. The van der Waals surface area contributed by atoms with Crippen molar-refractivity contribution in [2.24, 2.45) is 0 Å². The molecule has 1 aromatic carbocycles. The first-order valence-electron chi connectivity index (χ1n) is 9.09. The smallest absolute Gasteiger partial charge is 0.262 e. The fourth-order valence-electron chi connectivity index (χ4n) is 3.00. The average molecular weight is 398 g/mol. The third kappa shape index (κ3) is 5.42. The number of amides is 1. The maximum atomic E-state index is 12.4. The summed E-state index contributed by atoms with van der Waals surface area (Å²) in [7, 11) is 1.65. The second-order valence-corrected chi connectivity index (χ2v) is 7.42. The third-order valence-electron chi connectivity index (χ3n) is 4.48. The summed E-state index contributed by atoms with van der Waals surface area (Å²) < 4.78 is 10.9. The Balaban J connectivity index is 1.73. The van der Waals surface area contributed by atoms with E-state index in [1.807, 2.05) is 41.8 Å². The number of nitriles is 1. The van der Waals surface area contributed by atoms with Gasteiger partial charge in [0, 0.05) is 30.1 Å². The number of carbonyl (C=O) groups is 1. The molecule has 7 heteroatoms. The van der Waals surface area contributed by atoms with Crippen molar-refractivity contribution in [2.45, 2.75) is 13.1 Å². The molecule has 146 valence electrons. The summed E-state index contributed by atoms with van der Waals surface area (Å²) in [6.45, 7) is 4.35. The molecule has 1 fully saturated rings. The SMILES string of the molecule is COc1ccc(C=C(C#N)C(=O)NCc2cccs2)cc1CN1CCOCC1. The molecule has 28 heavy (non-hydrogen) atoms. The van der Waals surface area contributed by atoms with Crippen LogP contribution in [0.4, 0.5) is 0 Å². The molecule has 1 amide bonds. The van der Waals surface area contributed by atoms with Gasteiger partial charge in [0.25, 0.3) is 5.91 Å². The van der Waals surface area contributed by atoms with Gasteiger partial charge in [-0.15, -0.1) is 11.3 Å². The lowest BCUT2D eigenvalue weighted by Crippen LogP contribution is -2.35. The fraction of sp³-hybridized carbons (Fsp3) is 0.333. The number of nitrogens with zero attached hydrogens (tertiary/aromatic N) is 2. The van der Waals surface area contributed by atoms with Crippen LogP contribution >= 0.6 is 11.3 Å². The predicted octanol–water partition coefficient (Wildman–Crippen LogP) is 2.81. The maximum absolute atomic E-state index is 12.4. The minimum Gasteiger partial charge on any atom is -0.496 e. The van der Waals surface area contributed by atoms with Gasteiger partial charge in [0.05, 0.1) is 26.9 Å². The second kappa shape index (κ2) is 10.0. The van der Waals surface area contributed by atoms with Gasteiger partial charge in [0.2, 0.25) is 0 Å². The van der Waals surface area contributed by atoms with Crippen molar-refractivity contribution in [3.05, 3.63) is 57.3 Å². The van der Waals surface area contributed by atoms with Gasteiger partial charge in [-0.25, -0.2) is 0 Å². The van der Waals surface area contributed by atoms with Crippen molar-refractivity contribution in [1.82, 2.24) is 10.2 Å². The van der Waals surface area contributed by atoms with E-state index in [-0.39, 0.29) is 11.5 Å². The number of methoxy groups -OCH3 is 1. The van der Waals surface area contributed by atoms with Gasteiger partial charge >= 0.3 is 0 Å². The number of nitrogens with one attached hydrogen (secondary N) is 1. The van der Waals surface area contributed by atoms with Crippen LogP contribution in [0.1, 0.15) is 16.0 Å². The highest BCUT2D eigenvalue weighted by molar-refractivity contribution is 7.09. The molecule has 0 saturated carbocycles. The molecule has 1 aliphatic rings. The van der Waals surface area contributed by atoms with Crippen LogP contribution in [0.25, 0.3) is 6.08 Å². The van der Waals surface area contributed by atoms with Crippen molar-refractivity contribution < 1.29 is 14.3 Å². The molecule has 1 aromatic heterocycles. The fourth-order valence-corrected chi connectivity index (χ4v) is 3.65. The normalized spacial score (nSPS) is 15.1. The molecule has 2 heterocycles. The van der Waals surface area contributed by atoms with E-state index in [0.29, 0.717) is 6.54 Å². The Morgan fingerprint density at radius 3 is 2.89 bits per heavy atom. The maximum Gasteiger partial charge on any atom is 0.262 e. The molecule has 0 bridgehead atoms. The van der Waals surface area contributed by atoms with Crippen LogP contribution < -0.4 is 10.1 Å². The molecule has 0 unspecified atom stereocenters. The summed E-state index contributed by atoms with van der Waals surface area (Å²) >= 11 is 1.57.